The summed E-state index contributed by atoms with van der Waals surface area (Å²) in [4.78, 5) is 14.7. The van der Waals surface area contributed by atoms with Crippen LogP contribution >= 0.6 is 0 Å². The molecule has 138 valence electrons. The third kappa shape index (κ3) is 6.26. The topological polar surface area (TPSA) is 78.5 Å². The van der Waals surface area contributed by atoms with E-state index in [9.17, 15) is 13.2 Å². The fourth-order valence-corrected chi connectivity index (χ4v) is 3.89. The molecule has 6 nitrogen and oxygen atoms in total. The maximum Gasteiger partial charge on any atom is 0.251 e. The molecule has 1 saturated heterocycles. The van der Waals surface area contributed by atoms with E-state index in [1.807, 2.05) is 0 Å². The Morgan fingerprint density at radius 1 is 1.24 bits per heavy atom. The molecule has 0 radical (unpaired) electrons. The number of carbonyl (C=O) groups is 1. The number of sulfonamides is 1. The van der Waals surface area contributed by atoms with Gasteiger partial charge in [0.15, 0.2) is 0 Å². The van der Waals surface area contributed by atoms with Crippen LogP contribution in [0.1, 0.15) is 36.0 Å². The zero-order chi connectivity index (χ0) is 18.1. The molecule has 1 heterocycles. The van der Waals surface area contributed by atoms with Crippen molar-refractivity contribution in [2.24, 2.45) is 0 Å². The van der Waals surface area contributed by atoms with Crippen LogP contribution in [-0.2, 0) is 10.0 Å². The number of piperidine rings is 1. The quantitative estimate of drug-likeness (QED) is 0.516. The highest BCUT2D eigenvalue weighted by Gasteiger charge is 2.15. The fourth-order valence-electron chi connectivity index (χ4n) is 2.85. The Balaban J connectivity index is 1.84. The highest BCUT2D eigenvalue weighted by molar-refractivity contribution is 7.89. The first-order chi connectivity index (χ1) is 12.0. The second-order valence-electron chi connectivity index (χ2n) is 6.18. The third-order valence-corrected chi connectivity index (χ3v) is 5.63. The molecule has 0 saturated carbocycles. The fraction of sp³-hybridized carbons (Fsp3) is 0.500. The van der Waals surface area contributed by atoms with Crippen LogP contribution in [0.15, 0.2) is 41.8 Å². The van der Waals surface area contributed by atoms with Crippen LogP contribution in [0.4, 0.5) is 0 Å². The molecular formula is C18H27N3O3S. The smallest absolute Gasteiger partial charge is 0.251 e. The van der Waals surface area contributed by atoms with Gasteiger partial charge >= 0.3 is 0 Å². The summed E-state index contributed by atoms with van der Waals surface area (Å²) in [6, 6.07) is 6.06. The Bertz CT molecular complexity index is 683. The highest BCUT2D eigenvalue weighted by atomic mass is 32.2. The average Bonchev–Trinajstić information content (AvgIpc) is 2.64. The highest BCUT2D eigenvalue weighted by Crippen LogP contribution is 2.12. The molecule has 0 unspecified atom stereocenters. The summed E-state index contributed by atoms with van der Waals surface area (Å²) >= 11 is 0. The van der Waals surface area contributed by atoms with Crippen molar-refractivity contribution >= 4 is 15.9 Å². The number of nitrogens with zero attached hydrogens (tertiary/aromatic N) is 1. The minimum absolute atomic E-state index is 0.0790. The number of nitrogens with one attached hydrogen (secondary N) is 2. The normalized spacial score (nSPS) is 15.7. The van der Waals surface area contributed by atoms with E-state index >= 15 is 0 Å². The van der Waals surface area contributed by atoms with E-state index < -0.39 is 10.0 Å². The molecule has 1 aromatic rings. The van der Waals surface area contributed by atoms with Crippen LogP contribution in [0.2, 0.25) is 0 Å². The van der Waals surface area contributed by atoms with Gasteiger partial charge in [-0.3, -0.25) is 4.79 Å². The summed E-state index contributed by atoms with van der Waals surface area (Å²) < 4.78 is 26.6. The molecule has 0 atom stereocenters. The van der Waals surface area contributed by atoms with Crippen molar-refractivity contribution in [1.29, 1.82) is 0 Å². The van der Waals surface area contributed by atoms with E-state index in [-0.39, 0.29) is 17.3 Å². The number of likely N-dealkylation sites (tertiary alicyclic amines) is 1. The van der Waals surface area contributed by atoms with Gasteiger partial charge in [0.05, 0.1) is 4.90 Å². The first-order valence-electron chi connectivity index (χ1n) is 8.74. The first-order valence-corrected chi connectivity index (χ1v) is 10.2. The Hall–Kier alpha value is -1.70. The molecule has 1 aliphatic rings. The third-order valence-electron chi connectivity index (χ3n) is 4.21. The van der Waals surface area contributed by atoms with Crippen LogP contribution in [0.25, 0.3) is 0 Å². The lowest BCUT2D eigenvalue weighted by atomic mass is 10.1. The maximum atomic E-state index is 12.2. The zero-order valence-electron chi connectivity index (χ0n) is 14.5. The SMILES string of the molecule is C=CCNS(=O)(=O)c1cccc(C(=O)NCCCN2CCCCC2)c1. The van der Waals surface area contributed by atoms with Crippen LogP contribution < -0.4 is 10.0 Å². The van der Waals surface area contributed by atoms with Crippen molar-refractivity contribution < 1.29 is 13.2 Å². The summed E-state index contributed by atoms with van der Waals surface area (Å²) in [5.74, 6) is -0.251. The minimum Gasteiger partial charge on any atom is -0.352 e. The maximum absolute atomic E-state index is 12.2. The molecule has 1 aromatic carbocycles. The molecule has 1 amide bonds. The molecular weight excluding hydrogens is 338 g/mol. The Labute approximate surface area is 150 Å². The van der Waals surface area contributed by atoms with E-state index in [1.165, 1.54) is 37.5 Å². The second-order valence-corrected chi connectivity index (χ2v) is 7.95. The van der Waals surface area contributed by atoms with Crippen LogP contribution in [0.3, 0.4) is 0 Å². The van der Waals surface area contributed by atoms with Gasteiger partial charge in [-0.15, -0.1) is 6.58 Å². The first kappa shape index (κ1) is 19.6. The largest absolute Gasteiger partial charge is 0.352 e. The average molecular weight is 365 g/mol. The molecule has 2 rings (SSSR count). The Morgan fingerprint density at radius 3 is 2.72 bits per heavy atom. The summed E-state index contributed by atoms with van der Waals surface area (Å²) in [6.07, 6.45) is 6.19. The van der Waals surface area contributed by atoms with E-state index in [0.29, 0.717) is 12.1 Å². The predicted octanol–water partition coefficient (Wildman–Crippen LogP) is 1.76. The second kappa shape index (κ2) is 9.70. The van der Waals surface area contributed by atoms with E-state index in [1.54, 1.807) is 12.1 Å². The monoisotopic (exact) mass is 365 g/mol. The van der Waals surface area contributed by atoms with Crippen molar-refractivity contribution in [3.8, 4) is 0 Å². The van der Waals surface area contributed by atoms with Crippen molar-refractivity contribution in [3.63, 3.8) is 0 Å². The van der Waals surface area contributed by atoms with Gasteiger partial charge in [0.1, 0.15) is 0 Å². The summed E-state index contributed by atoms with van der Waals surface area (Å²) in [5.41, 5.74) is 0.347. The summed E-state index contributed by atoms with van der Waals surface area (Å²) in [6.45, 7) is 7.49. The lowest BCUT2D eigenvalue weighted by Crippen LogP contribution is -2.33. The Kier molecular flexibility index (Phi) is 7.61. The standard InChI is InChI=1S/C18H27N3O3S/c1-2-10-20-25(23,24)17-9-6-8-16(15-17)18(22)19-11-7-14-21-12-4-3-5-13-21/h2,6,8-9,15,20H,1,3-5,7,10-14H2,(H,19,22). The predicted molar refractivity (Wildman–Crippen MR) is 99.1 cm³/mol. The number of amides is 1. The van der Waals surface area contributed by atoms with Crippen LogP contribution in [0.5, 0.6) is 0 Å². The van der Waals surface area contributed by atoms with E-state index in [4.69, 9.17) is 0 Å². The molecule has 1 fully saturated rings. The van der Waals surface area contributed by atoms with E-state index in [0.717, 1.165) is 26.1 Å². The number of rotatable bonds is 9. The zero-order valence-corrected chi connectivity index (χ0v) is 15.4. The van der Waals surface area contributed by atoms with Crippen molar-refractivity contribution in [3.05, 3.63) is 42.5 Å². The molecule has 7 heteroatoms. The molecule has 0 aliphatic carbocycles. The van der Waals surface area contributed by atoms with Gasteiger partial charge in [-0.1, -0.05) is 18.6 Å². The van der Waals surface area contributed by atoms with Gasteiger partial charge in [0.2, 0.25) is 10.0 Å². The van der Waals surface area contributed by atoms with Crippen molar-refractivity contribution in [2.75, 3.05) is 32.7 Å². The molecule has 1 aliphatic heterocycles. The van der Waals surface area contributed by atoms with Gasteiger partial charge in [0, 0.05) is 18.7 Å². The van der Waals surface area contributed by atoms with Crippen molar-refractivity contribution in [1.82, 2.24) is 14.9 Å². The van der Waals surface area contributed by atoms with Gasteiger partial charge in [-0.25, -0.2) is 13.1 Å². The number of benzene rings is 1. The minimum atomic E-state index is -3.63. The number of carbonyl (C=O) groups excluding carboxylic acids is 1. The lowest BCUT2D eigenvalue weighted by Gasteiger charge is -2.26. The molecule has 0 bridgehead atoms. The van der Waals surface area contributed by atoms with Crippen LogP contribution in [0, 0.1) is 0 Å². The molecule has 0 spiro atoms. The number of hydrogen-bond acceptors (Lipinski definition) is 4. The number of hydrogen-bond donors (Lipinski definition) is 2. The summed E-state index contributed by atoms with van der Waals surface area (Å²) in [5, 5.41) is 2.86. The lowest BCUT2D eigenvalue weighted by molar-refractivity contribution is 0.0951. The molecule has 0 aromatic heterocycles. The van der Waals surface area contributed by atoms with Gasteiger partial charge < -0.3 is 10.2 Å². The molecule has 25 heavy (non-hydrogen) atoms. The van der Waals surface area contributed by atoms with E-state index in [2.05, 4.69) is 21.5 Å². The van der Waals surface area contributed by atoms with Crippen molar-refractivity contribution in [2.45, 2.75) is 30.6 Å². The Morgan fingerprint density at radius 2 is 2.00 bits per heavy atom. The van der Waals surface area contributed by atoms with Gasteiger partial charge in [0.25, 0.3) is 5.91 Å². The van der Waals surface area contributed by atoms with Crippen LogP contribution in [-0.4, -0.2) is 51.9 Å². The van der Waals surface area contributed by atoms with Gasteiger partial charge in [-0.05, 0) is 57.1 Å². The van der Waals surface area contributed by atoms with Gasteiger partial charge in [-0.2, -0.15) is 0 Å². The summed E-state index contributed by atoms with van der Waals surface area (Å²) in [7, 11) is -3.63. The molecule has 2 N–H and O–H groups in total.